The number of hydrogen-bond donors (Lipinski definition) is 0. The lowest BCUT2D eigenvalue weighted by Gasteiger charge is -2.26. The zero-order valence-electron chi connectivity index (χ0n) is 18.1. The van der Waals surface area contributed by atoms with Crippen LogP contribution in [0.1, 0.15) is 87.6 Å². The fourth-order valence-electron chi connectivity index (χ4n) is 4.07. The smallest absolute Gasteiger partial charge is 0.314 e. The van der Waals surface area contributed by atoms with E-state index in [4.69, 9.17) is 10.00 Å². The van der Waals surface area contributed by atoms with Crippen molar-refractivity contribution >= 4 is 5.97 Å². The molecule has 2 aromatic rings. The van der Waals surface area contributed by atoms with E-state index in [1.807, 2.05) is 12.4 Å². The minimum atomic E-state index is -0.682. The molecule has 0 radical (unpaired) electrons. The monoisotopic (exact) mass is 423 g/mol. The average Bonchev–Trinajstić information content (AvgIpc) is 2.79. The standard InChI is InChI=1S/C25H30FN3O2/c1-2-3-4-5-6-7-18-16-28-24(29-17-18)19-8-10-20(11-9-19)25(30)31-22-13-12-21(15-27)23(26)14-22/h12-14,16-17,19-20H,2-11H2,1H3. The third-order valence-corrected chi connectivity index (χ3v) is 6.00. The van der Waals surface area contributed by atoms with Gasteiger partial charge in [0.25, 0.3) is 0 Å². The quantitative estimate of drug-likeness (QED) is 0.286. The Kier molecular flexibility index (Phi) is 8.52. The van der Waals surface area contributed by atoms with Crippen LogP contribution < -0.4 is 4.74 Å². The Bertz CT molecular complexity index is 900. The molecular formula is C25H30FN3O2. The van der Waals surface area contributed by atoms with Crippen LogP contribution in [0, 0.1) is 23.1 Å². The molecule has 1 fully saturated rings. The van der Waals surface area contributed by atoms with Crippen molar-refractivity contribution in [1.82, 2.24) is 9.97 Å². The number of nitrogens with zero attached hydrogens (tertiary/aromatic N) is 3. The van der Waals surface area contributed by atoms with Crippen molar-refractivity contribution in [3.8, 4) is 11.8 Å². The molecule has 0 atom stereocenters. The van der Waals surface area contributed by atoms with Crippen molar-refractivity contribution in [3.63, 3.8) is 0 Å². The minimum Gasteiger partial charge on any atom is -0.426 e. The summed E-state index contributed by atoms with van der Waals surface area (Å²) >= 11 is 0. The fraction of sp³-hybridized carbons (Fsp3) is 0.520. The summed E-state index contributed by atoms with van der Waals surface area (Å²) in [6.45, 7) is 2.22. The number of benzene rings is 1. The highest BCUT2D eigenvalue weighted by atomic mass is 19.1. The Balaban J connectivity index is 1.45. The molecule has 6 heteroatoms. The van der Waals surface area contributed by atoms with Crippen LogP contribution in [-0.2, 0) is 11.2 Å². The predicted octanol–water partition coefficient (Wildman–Crippen LogP) is 5.88. The van der Waals surface area contributed by atoms with Gasteiger partial charge in [-0.1, -0.05) is 32.6 Å². The van der Waals surface area contributed by atoms with E-state index in [0.29, 0.717) is 12.8 Å². The number of carbonyl (C=O) groups excluding carboxylic acids is 1. The first-order chi connectivity index (χ1) is 15.1. The van der Waals surface area contributed by atoms with E-state index < -0.39 is 5.82 Å². The van der Waals surface area contributed by atoms with Crippen LogP contribution in [0.4, 0.5) is 4.39 Å². The summed E-state index contributed by atoms with van der Waals surface area (Å²) in [6, 6.07) is 5.61. The number of aryl methyl sites for hydroxylation is 1. The summed E-state index contributed by atoms with van der Waals surface area (Å²) in [5.74, 6) is 0.0141. The van der Waals surface area contributed by atoms with E-state index in [-0.39, 0.29) is 29.1 Å². The van der Waals surface area contributed by atoms with Gasteiger partial charge >= 0.3 is 5.97 Å². The summed E-state index contributed by atoms with van der Waals surface area (Å²) in [5, 5.41) is 8.79. The molecule has 5 nitrogen and oxygen atoms in total. The third-order valence-electron chi connectivity index (χ3n) is 6.00. The number of halogens is 1. The van der Waals surface area contributed by atoms with Gasteiger partial charge in [-0.3, -0.25) is 4.79 Å². The Morgan fingerprint density at radius 2 is 1.84 bits per heavy atom. The zero-order valence-corrected chi connectivity index (χ0v) is 18.1. The second-order valence-electron chi connectivity index (χ2n) is 8.34. The van der Waals surface area contributed by atoms with Gasteiger partial charge in [0.15, 0.2) is 0 Å². The van der Waals surface area contributed by atoms with Crippen molar-refractivity contribution in [2.75, 3.05) is 0 Å². The molecule has 1 aliphatic carbocycles. The van der Waals surface area contributed by atoms with Gasteiger partial charge in [-0.2, -0.15) is 5.26 Å². The first-order valence-corrected chi connectivity index (χ1v) is 11.3. The highest BCUT2D eigenvalue weighted by molar-refractivity contribution is 5.75. The summed E-state index contributed by atoms with van der Waals surface area (Å²) in [4.78, 5) is 21.6. The SMILES string of the molecule is CCCCCCCc1cnc(C2CCC(C(=O)Oc3ccc(C#N)c(F)c3)CC2)nc1. The van der Waals surface area contributed by atoms with Gasteiger partial charge in [-0.05, 0) is 56.2 Å². The molecular weight excluding hydrogens is 393 g/mol. The number of unbranched alkanes of at least 4 members (excludes halogenated alkanes) is 4. The largest absolute Gasteiger partial charge is 0.426 e. The number of hydrogen-bond acceptors (Lipinski definition) is 5. The number of aromatic nitrogens is 2. The van der Waals surface area contributed by atoms with Crippen molar-refractivity contribution in [3.05, 3.63) is 53.4 Å². The molecule has 0 spiro atoms. The van der Waals surface area contributed by atoms with Crippen LogP contribution in [-0.4, -0.2) is 15.9 Å². The van der Waals surface area contributed by atoms with Gasteiger partial charge in [-0.25, -0.2) is 14.4 Å². The maximum Gasteiger partial charge on any atom is 0.314 e. The average molecular weight is 424 g/mol. The van der Waals surface area contributed by atoms with Crippen LogP contribution >= 0.6 is 0 Å². The molecule has 1 aliphatic rings. The van der Waals surface area contributed by atoms with Crippen molar-refractivity contribution in [1.29, 1.82) is 5.26 Å². The van der Waals surface area contributed by atoms with Crippen LogP contribution in [0.25, 0.3) is 0 Å². The predicted molar refractivity (Wildman–Crippen MR) is 116 cm³/mol. The second kappa shape index (κ2) is 11.5. The minimum absolute atomic E-state index is 0.0668. The molecule has 3 rings (SSSR count). The number of carbonyl (C=O) groups is 1. The van der Waals surface area contributed by atoms with E-state index in [0.717, 1.165) is 31.2 Å². The maximum atomic E-state index is 13.7. The molecule has 1 aromatic carbocycles. The number of rotatable bonds is 9. The fourth-order valence-corrected chi connectivity index (χ4v) is 4.07. The topological polar surface area (TPSA) is 75.9 Å². The number of esters is 1. The molecule has 1 aromatic heterocycles. The summed E-state index contributed by atoms with van der Waals surface area (Å²) < 4.78 is 19.0. The Hall–Kier alpha value is -2.81. The Labute approximate surface area is 183 Å². The molecule has 0 bridgehead atoms. The maximum absolute atomic E-state index is 13.7. The number of ether oxygens (including phenoxy) is 1. The molecule has 0 unspecified atom stereocenters. The van der Waals surface area contributed by atoms with Gasteiger partial charge in [-0.15, -0.1) is 0 Å². The summed E-state index contributed by atoms with van der Waals surface area (Å²) in [6.07, 6.45) is 14.3. The lowest BCUT2D eigenvalue weighted by Crippen LogP contribution is -2.25. The van der Waals surface area contributed by atoms with E-state index in [1.165, 1.54) is 49.8 Å². The Morgan fingerprint density at radius 1 is 1.13 bits per heavy atom. The van der Waals surface area contributed by atoms with Crippen LogP contribution in [0.15, 0.2) is 30.6 Å². The van der Waals surface area contributed by atoms with Crippen LogP contribution in [0.3, 0.4) is 0 Å². The van der Waals surface area contributed by atoms with Crippen molar-refractivity contribution in [2.24, 2.45) is 5.92 Å². The molecule has 0 N–H and O–H groups in total. The van der Waals surface area contributed by atoms with Crippen LogP contribution in [0.2, 0.25) is 0 Å². The van der Waals surface area contributed by atoms with Crippen LogP contribution in [0.5, 0.6) is 5.75 Å². The van der Waals surface area contributed by atoms with E-state index in [9.17, 15) is 9.18 Å². The summed E-state index contributed by atoms with van der Waals surface area (Å²) in [7, 11) is 0. The van der Waals surface area contributed by atoms with E-state index >= 15 is 0 Å². The zero-order chi connectivity index (χ0) is 22.1. The van der Waals surface area contributed by atoms with Crippen molar-refractivity contribution in [2.45, 2.75) is 77.0 Å². The van der Waals surface area contributed by atoms with E-state index in [1.54, 1.807) is 6.07 Å². The first-order valence-electron chi connectivity index (χ1n) is 11.3. The number of nitriles is 1. The Morgan fingerprint density at radius 3 is 2.48 bits per heavy atom. The lowest BCUT2D eigenvalue weighted by atomic mass is 9.81. The molecule has 31 heavy (non-hydrogen) atoms. The second-order valence-corrected chi connectivity index (χ2v) is 8.34. The lowest BCUT2D eigenvalue weighted by molar-refractivity contribution is -0.140. The first kappa shape index (κ1) is 22.9. The van der Waals surface area contributed by atoms with Gasteiger partial charge in [0, 0.05) is 24.4 Å². The highest BCUT2D eigenvalue weighted by Crippen LogP contribution is 2.35. The third kappa shape index (κ3) is 6.58. The summed E-state index contributed by atoms with van der Waals surface area (Å²) in [5.41, 5.74) is 1.12. The normalized spacial score (nSPS) is 18.4. The molecule has 1 saturated carbocycles. The van der Waals surface area contributed by atoms with Crippen molar-refractivity contribution < 1.29 is 13.9 Å². The van der Waals surface area contributed by atoms with Gasteiger partial charge in [0.05, 0.1) is 11.5 Å². The molecule has 1 heterocycles. The molecule has 0 amide bonds. The van der Waals surface area contributed by atoms with Gasteiger partial charge in [0.2, 0.25) is 0 Å². The highest BCUT2D eigenvalue weighted by Gasteiger charge is 2.29. The van der Waals surface area contributed by atoms with Gasteiger partial charge in [0.1, 0.15) is 23.5 Å². The molecule has 0 aliphatic heterocycles. The molecule has 164 valence electrons. The van der Waals surface area contributed by atoms with E-state index in [2.05, 4.69) is 16.9 Å². The molecule has 0 saturated heterocycles. The van der Waals surface area contributed by atoms with Gasteiger partial charge < -0.3 is 4.74 Å².